The van der Waals surface area contributed by atoms with E-state index in [9.17, 15) is 4.79 Å². The number of nitrogens with zero attached hydrogens (tertiary/aromatic N) is 1. The van der Waals surface area contributed by atoms with Gasteiger partial charge in [0.2, 0.25) is 0 Å². The highest BCUT2D eigenvalue weighted by Gasteiger charge is 2.12. The van der Waals surface area contributed by atoms with E-state index in [4.69, 9.17) is 0 Å². The Balaban J connectivity index is 2.32. The first-order valence-electron chi connectivity index (χ1n) is 6.14. The Morgan fingerprint density at radius 1 is 1.32 bits per heavy atom. The molecule has 19 heavy (non-hydrogen) atoms. The molecule has 2 rings (SSSR count). The van der Waals surface area contributed by atoms with E-state index in [1.165, 1.54) is 5.56 Å². The van der Waals surface area contributed by atoms with Gasteiger partial charge in [-0.05, 0) is 40.2 Å². The molecule has 1 aromatic carbocycles. The van der Waals surface area contributed by atoms with Gasteiger partial charge in [0, 0.05) is 28.7 Å². The normalized spacial score (nSPS) is 12.4. The third kappa shape index (κ3) is 3.51. The molecule has 0 amide bonds. The quantitative estimate of drug-likeness (QED) is 0.845. The molecule has 100 valence electrons. The fourth-order valence-electron chi connectivity index (χ4n) is 2.11. The van der Waals surface area contributed by atoms with Crippen LogP contribution in [0.4, 0.5) is 0 Å². The van der Waals surface area contributed by atoms with Gasteiger partial charge in [-0.1, -0.05) is 30.3 Å². The molecule has 0 fully saturated rings. The summed E-state index contributed by atoms with van der Waals surface area (Å²) in [4.78, 5) is 12.1. The number of pyridine rings is 1. The van der Waals surface area contributed by atoms with Crippen LogP contribution >= 0.6 is 28.6 Å². The number of hydrogen-bond acceptors (Lipinski definition) is 2. The molecular weight excluding hydrogens is 322 g/mol. The van der Waals surface area contributed by atoms with Crippen LogP contribution < -0.4 is 5.56 Å². The molecule has 0 saturated carbocycles. The van der Waals surface area contributed by atoms with E-state index in [1.807, 2.05) is 37.4 Å². The second kappa shape index (κ2) is 6.44. The number of rotatable bonds is 4. The fourth-order valence-corrected chi connectivity index (χ4v) is 3.02. The SMILES string of the molecule is Cc1cc(Br)cn(CC(CS)c2ccccc2)c1=O. The highest BCUT2D eigenvalue weighted by atomic mass is 79.9. The minimum absolute atomic E-state index is 0.0610. The first-order chi connectivity index (χ1) is 9.11. The van der Waals surface area contributed by atoms with Gasteiger partial charge in [-0.15, -0.1) is 0 Å². The molecule has 0 radical (unpaired) electrons. The average Bonchev–Trinajstić information content (AvgIpc) is 2.42. The summed E-state index contributed by atoms with van der Waals surface area (Å²) < 4.78 is 2.68. The predicted molar refractivity (Wildman–Crippen MR) is 86.2 cm³/mol. The van der Waals surface area contributed by atoms with Crippen molar-refractivity contribution < 1.29 is 0 Å². The average molecular weight is 338 g/mol. The van der Waals surface area contributed by atoms with E-state index >= 15 is 0 Å². The van der Waals surface area contributed by atoms with Gasteiger partial charge >= 0.3 is 0 Å². The fraction of sp³-hybridized carbons (Fsp3) is 0.267. The molecule has 0 saturated heterocycles. The number of hydrogen-bond donors (Lipinski definition) is 1. The van der Waals surface area contributed by atoms with E-state index in [0.29, 0.717) is 12.3 Å². The number of thiol groups is 1. The highest BCUT2D eigenvalue weighted by Crippen LogP contribution is 2.19. The van der Waals surface area contributed by atoms with Crippen molar-refractivity contribution in [2.24, 2.45) is 0 Å². The molecule has 1 heterocycles. The predicted octanol–water partition coefficient (Wildman–Crippen LogP) is 3.63. The van der Waals surface area contributed by atoms with Crippen molar-refractivity contribution in [1.82, 2.24) is 4.57 Å². The van der Waals surface area contributed by atoms with Crippen molar-refractivity contribution in [3.05, 3.63) is 68.5 Å². The molecular formula is C15H16BrNOS. The molecule has 2 aromatic rings. The number of aromatic nitrogens is 1. The zero-order chi connectivity index (χ0) is 13.8. The van der Waals surface area contributed by atoms with Gasteiger partial charge in [-0.3, -0.25) is 4.79 Å². The van der Waals surface area contributed by atoms with Crippen LogP contribution in [-0.4, -0.2) is 10.3 Å². The summed E-state index contributed by atoms with van der Waals surface area (Å²) in [5.74, 6) is 0.943. The maximum atomic E-state index is 12.1. The van der Waals surface area contributed by atoms with Gasteiger partial charge in [-0.2, -0.15) is 12.6 Å². The molecule has 4 heteroatoms. The van der Waals surface area contributed by atoms with E-state index in [2.05, 4.69) is 40.7 Å². The maximum absolute atomic E-state index is 12.1. The molecule has 0 spiro atoms. The van der Waals surface area contributed by atoms with Gasteiger partial charge in [0.15, 0.2) is 0 Å². The lowest BCUT2D eigenvalue weighted by Gasteiger charge is -2.17. The second-order valence-corrected chi connectivity index (χ2v) is 5.87. The summed E-state index contributed by atoms with van der Waals surface area (Å²) in [6.07, 6.45) is 1.84. The molecule has 1 unspecified atom stereocenters. The number of halogens is 1. The molecule has 0 N–H and O–H groups in total. The van der Waals surface area contributed by atoms with E-state index in [1.54, 1.807) is 4.57 Å². The Labute approximate surface area is 127 Å². The highest BCUT2D eigenvalue weighted by molar-refractivity contribution is 9.10. The molecule has 0 aliphatic rings. The Morgan fingerprint density at radius 3 is 2.63 bits per heavy atom. The van der Waals surface area contributed by atoms with E-state index < -0.39 is 0 Å². The third-order valence-corrected chi connectivity index (χ3v) is 4.01. The minimum Gasteiger partial charge on any atom is -0.314 e. The molecule has 0 aliphatic carbocycles. The first-order valence-corrected chi connectivity index (χ1v) is 7.56. The summed E-state index contributed by atoms with van der Waals surface area (Å²) in [6, 6.07) is 12.0. The Morgan fingerprint density at radius 2 is 2.00 bits per heavy atom. The molecule has 1 aromatic heterocycles. The number of aryl methyl sites for hydroxylation is 1. The summed E-state index contributed by atoms with van der Waals surface area (Å²) in [6.45, 7) is 2.48. The van der Waals surface area contributed by atoms with Crippen molar-refractivity contribution in [2.45, 2.75) is 19.4 Å². The number of benzene rings is 1. The van der Waals surface area contributed by atoms with Gasteiger partial charge in [0.1, 0.15) is 0 Å². The van der Waals surface area contributed by atoms with E-state index in [-0.39, 0.29) is 11.5 Å². The molecule has 0 bridgehead atoms. The Bertz CT molecular complexity index is 609. The summed E-state index contributed by atoms with van der Waals surface area (Å²) in [5.41, 5.74) is 2.02. The molecule has 2 nitrogen and oxygen atoms in total. The van der Waals surface area contributed by atoms with E-state index in [0.717, 1.165) is 10.0 Å². The van der Waals surface area contributed by atoms with Crippen LogP contribution in [0.2, 0.25) is 0 Å². The van der Waals surface area contributed by atoms with Crippen LogP contribution in [0.15, 0.2) is 51.9 Å². The topological polar surface area (TPSA) is 22.0 Å². The van der Waals surface area contributed by atoms with Gasteiger partial charge in [0.25, 0.3) is 5.56 Å². The van der Waals surface area contributed by atoms with Crippen molar-refractivity contribution >= 4 is 28.6 Å². The zero-order valence-electron chi connectivity index (χ0n) is 10.7. The monoisotopic (exact) mass is 337 g/mol. The van der Waals surface area contributed by atoms with Crippen LogP contribution in [0.25, 0.3) is 0 Å². The first kappa shape index (κ1) is 14.4. The zero-order valence-corrected chi connectivity index (χ0v) is 13.2. The van der Waals surface area contributed by atoms with Crippen molar-refractivity contribution in [1.29, 1.82) is 0 Å². The van der Waals surface area contributed by atoms with Crippen molar-refractivity contribution in [3.8, 4) is 0 Å². The minimum atomic E-state index is 0.0610. The lowest BCUT2D eigenvalue weighted by molar-refractivity contribution is 0.584. The summed E-state index contributed by atoms with van der Waals surface area (Å²) >= 11 is 7.85. The Kier molecular flexibility index (Phi) is 4.88. The lowest BCUT2D eigenvalue weighted by Crippen LogP contribution is -2.25. The lowest BCUT2D eigenvalue weighted by atomic mass is 10.0. The largest absolute Gasteiger partial charge is 0.314 e. The third-order valence-electron chi connectivity index (χ3n) is 3.14. The molecule has 1 atom stereocenters. The van der Waals surface area contributed by atoms with Crippen LogP contribution in [0.5, 0.6) is 0 Å². The second-order valence-electron chi connectivity index (χ2n) is 4.59. The van der Waals surface area contributed by atoms with Crippen LogP contribution in [0.1, 0.15) is 17.0 Å². The Hall–Kier alpha value is -1.00. The van der Waals surface area contributed by atoms with Crippen molar-refractivity contribution in [2.75, 3.05) is 5.75 Å². The summed E-state index contributed by atoms with van der Waals surface area (Å²) in [5, 5.41) is 0. The maximum Gasteiger partial charge on any atom is 0.253 e. The van der Waals surface area contributed by atoms with Gasteiger partial charge in [-0.25, -0.2) is 0 Å². The van der Waals surface area contributed by atoms with Gasteiger partial charge in [0.05, 0.1) is 0 Å². The van der Waals surface area contributed by atoms with Crippen LogP contribution in [0.3, 0.4) is 0 Å². The van der Waals surface area contributed by atoms with Crippen LogP contribution in [0, 0.1) is 6.92 Å². The van der Waals surface area contributed by atoms with Crippen LogP contribution in [-0.2, 0) is 6.54 Å². The summed E-state index contributed by atoms with van der Waals surface area (Å²) in [7, 11) is 0. The molecule has 0 aliphatic heterocycles. The smallest absolute Gasteiger partial charge is 0.253 e. The standard InChI is InChI=1S/C15H16BrNOS/c1-11-7-14(16)9-17(15(11)18)8-13(10-19)12-5-3-2-4-6-12/h2-7,9,13,19H,8,10H2,1H3. The van der Waals surface area contributed by atoms with Crippen molar-refractivity contribution in [3.63, 3.8) is 0 Å². The van der Waals surface area contributed by atoms with Gasteiger partial charge < -0.3 is 4.57 Å².